The molecule has 1 aliphatic heterocycles. The second-order valence-corrected chi connectivity index (χ2v) is 17.7. The van der Waals surface area contributed by atoms with E-state index in [1.165, 1.54) is 30.6 Å². The molecule has 7 rings (SSSR count). The number of unbranched alkanes of at least 4 members (excludes halogenated alkanes) is 2. The van der Waals surface area contributed by atoms with Gasteiger partial charge < -0.3 is 9.64 Å². The van der Waals surface area contributed by atoms with Crippen molar-refractivity contribution < 1.29 is 27.5 Å². The Morgan fingerprint density at radius 1 is 0.930 bits per heavy atom. The van der Waals surface area contributed by atoms with Gasteiger partial charge in [-0.25, -0.2) is 23.1 Å². The fourth-order valence-corrected chi connectivity index (χ4v) is 9.74. The van der Waals surface area contributed by atoms with Crippen LogP contribution in [0.25, 0.3) is 21.3 Å². The molecule has 0 saturated heterocycles. The van der Waals surface area contributed by atoms with Gasteiger partial charge in [-0.3, -0.25) is 24.4 Å². The van der Waals surface area contributed by atoms with Crippen LogP contribution in [0.5, 0.6) is 0 Å². The number of sulfonamides is 1. The second kappa shape index (κ2) is 18.0. The molecule has 2 amide bonds. The van der Waals surface area contributed by atoms with Gasteiger partial charge in [-0.15, -0.1) is 0 Å². The Labute approximate surface area is 337 Å². The van der Waals surface area contributed by atoms with Gasteiger partial charge >= 0.3 is 5.97 Å². The first kappa shape index (κ1) is 40.1. The smallest absolute Gasteiger partial charge is 0.305 e. The molecule has 4 heterocycles. The molecule has 3 aromatic heterocycles. The fraction of sp³-hybridized carbons (Fsp3) is 0.429. The Bertz CT molecular complexity index is 2330. The molecule has 13 nitrogen and oxygen atoms in total. The molecule has 0 spiro atoms. The highest BCUT2D eigenvalue weighted by Crippen LogP contribution is 2.33. The van der Waals surface area contributed by atoms with Crippen molar-refractivity contribution >= 4 is 60.3 Å². The number of para-hydroxylation sites is 1. The molecule has 300 valence electrons. The van der Waals surface area contributed by atoms with Gasteiger partial charge in [0.25, 0.3) is 11.8 Å². The number of aromatic nitrogens is 4. The summed E-state index contributed by atoms with van der Waals surface area (Å²) in [4.78, 5) is 50.9. The molecule has 57 heavy (non-hydrogen) atoms. The van der Waals surface area contributed by atoms with Crippen LogP contribution >= 0.6 is 11.3 Å². The third kappa shape index (κ3) is 9.70. The van der Waals surface area contributed by atoms with Crippen LogP contribution in [-0.2, 0) is 39.1 Å². The number of carbonyl (C=O) groups is 3. The molecule has 2 N–H and O–H groups in total. The summed E-state index contributed by atoms with van der Waals surface area (Å²) in [5.74, 6) is -0.662. The average molecular weight is 812 g/mol. The number of ether oxygens (including phenoxy) is 1. The van der Waals surface area contributed by atoms with Crippen LogP contribution in [0, 0.1) is 12.8 Å². The molecule has 5 aromatic rings. The summed E-state index contributed by atoms with van der Waals surface area (Å²) in [6, 6.07) is 17.1. The minimum absolute atomic E-state index is 0.0219. The number of nitrogens with zero attached hydrogens (tertiary/aromatic N) is 5. The molecule has 1 saturated carbocycles. The lowest BCUT2D eigenvalue weighted by Crippen LogP contribution is -2.35. The van der Waals surface area contributed by atoms with Gasteiger partial charge in [0.15, 0.2) is 5.13 Å². The lowest BCUT2D eigenvalue weighted by Gasteiger charge is -2.31. The maximum Gasteiger partial charge on any atom is 0.305 e. The number of amides is 2. The van der Waals surface area contributed by atoms with Crippen molar-refractivity contribution in [2.45, 2.75) is 91.1 Å². The topological polar surface area (TPSA) is 165 Å². The number of anilines is 2. The van der Waals surface area contributed by atoms with Crippen LogP contribution < -0.4 is 14.9 Å². The Kier molecular flexibility index (Phi) is 12.6. The van der Waals surface area contributed by atoms with Crippen molar-refractivity contribution in [3.05, 3.63) is 88.9 Å². The predicted octanol–water partition coefficient (Wildman–Crippen LogP) is 7.44. The lowest BCUT2D eigenvalue weighted by atomic mass is 9.89. The Morgan fingerprint density at radius 2 is 1.75 bits per heavy atom. The predicted molar refractivity (Wildman–Crippen MR) is 222 cm³/mol. The zero-order chi connectivity index (χ0) is 39.9. The van der Waals surface area contributed by atoms with Crippen LogP contribution in [0.2, 0.25) is 0 Å². The zero-order valence-corrected chi connectivity index (χ0v) is 34.1. The number of thiazole rings is 1. The van der Waals surface area contributed by atoms with Crippen molar-refractivity contribution in [1.29, 1.82) is 0 Å². The van der Waals surface area contributed by atoms with E-state index in [2.05, 4.69) is 15.0 Å². The Morgan fingerprint density at radius 3 is 2.56 bits per heavy atom. The third-order valence-corrected chi connectivity index (χ3v) is 13.1. The van der Waals surface area contributed by atoms with Crippen LogP contribution in [0.4, 0.5) is 10.9 Å². The van der Waals surface area contributed by atoms with E-state index in [0.29, 0.717) is 72.5 Å². The number of fused-ring (bicyclic) bond motifs is 2. The first-order valence-corrected chi connectivity index (χ1v) is 22.3. The summed E-state index contributed by atoms with van der Waals surface area (Å²) < 4.78 is 36.7. The number of nitrogens with one attached hydrogen (secondary N) is 2. The quantitative estimate of drug-likeness (QED) is 0.0802. The number of hydrogen-bond acceptors (Lipinski definition) is 11. The van der Waals surface area contributed by atoms with Crippen molar-refractivity contribution in [2.24, 2.45) is 5.92 Å². The summed E-state index contributed by atoms with van der Waals surface area (Å²) in [5.41, 5.74) is 5.30. The molecular formula is C42H49N7O6S2. The fourth-order valence-electron chi connectivity index (χ4n) is 7.82. The maximum atomic E-state index is 14.0. The van der Waals surface area contributed by atoms with Gasteiger partial charge in [0.2, 0.25) is 10.0 Å². The number of pyridine rings is 1. The van der Waals surface area contributed by atoms with E-state index in [1.54, 1.807) is 19.2 Å². The summed E-state index contributed by atoms with van der Waals surface area (Å²) in [6.07, 6.45) is 9.83. The Hall–Kier alpha value is -5.15. The first-order valence-electron chi connectivity index (χ1n) is 19.9. The number of carbonyl (C=O) groups excluding carboxylic acids is 3. The van der Waals surface area contributed by atoms with Gasteiger partial charge in [0.05, 0.1) is 28.8 Å². The molecule has 15 heteroatoms. The van der Waals surface area contributed by atoms with Crippen molar-refractivity contribution in [3.8, 4) is 11.1 Å². The van der Waals surface area contributed by atoms with E-state index < -0.39 is 15.9 Å². The normalized spacial score (nSPS) is 14.7. The second-order valence-electron chi connectivity index (χ2n) is 14.8. The summed E-state index contributed by atoms with van der Waals surface area (Å²) >= 11 is 1.42. The molecule has 2 aromatic carbocycles. The molecule has 1 fully saturated rings. The van der Waals surface area contributed by atoms with E-state index in [4.69, 9.17) is 14.8 Å². The van der Waals surface area contributed by atoms with Crippen LogP contribution in [0.1, 0.15) is 102 Å². The van der Waals surface area contributed by atoms with Gasteiger partial charge in [0, 0.05) is 48.4 Å². The van der Waals surface area contributed by atoms with Crippen LogP contribution in [-0.4, -0.2) is 64.9 Å². The standard InChI is InChI=1S/C42H49N7O6S2/c1-3-55-38(50)19-8-5-11-24-57(53,54)47-41(52)39-31(33-25-43-49(28(33)2)26-29-13-6-4-7-14-29)20-21-37(45-39)48-23-22-30-15-12-16-32(34(30)27-48)40(51)46-42-44-35-17-9-10-18-36(35)56-42/h9-10,12,15-18,20-21,25,29H,3-8,11,13-14,19,22-24,26-27H2,1-2H3,(H,47,52)(H,44,46,51). The summed E-state index contributed by atoms with van der Waals surface area (Å²) in [5, 5.41) is 8.20. The lowest BCUT2D eigenvalue weighted by molar-refractivity contribution is -0.143. The molecule has 2 aliphatic rings. The number of esters is 1. The number of benzene rings is 2. The van der Waals surface area contributed by atoms with E-state index in [1.807, 2.05) is 65.0 Å². The molecule has 0 radical (unpaired) electrons. The van der Waals surface area contributed by atoms with Crippen LogP contribution in [0.3, 0.4) is 0 Å². The van der Waals surface area contributed by atoms with Crippen LogP contribution in [0.15, 0.2) is 60.8 Å². The monoisotopic (exact) mass is 811 g/mol. The highest BCUT2D eigenvalue weighted by atomic mass is 32.2. The van der Waals surface area contributed by atoms with E-state index >= 15 is 0 Å². The molecule has 0 bridgehead atoms. The summed E-state index contributed by atoms with van der Waals surface area (Å²) in [7, 11) is -4.03. The van der Waals surface area contributed by atoms with Gasteiger partial charge in [-0.05, 0) is 93.3 Å². The van der Waals surface area contributed by atoms with E-state index in [-0.39, 0.29) is 36.2 Å². The minimum Gasteiger partial charge on any atom is -0.466 e. The molecule has 0 unspecified atom stereocenters. The third-order valence-electron chi connectivity index (χ3n) is 10.8. The van der Waals surface area contributed by atoms with Crippen molar-refractivity contribution in [2.75, 3.05) is 29.1 Å². The van der Waals surface area contributed by atoms with Crippen molar-refractivity contribution in [3.63, 3.8) is 0 Å². The first-order chi connectivity index (χ1) is 27.6. The SMILES string of the molecule is CCOC(=O)CCCCCS(=O)(=O)NC(=O)c1nc(N2CCc3cccc(C(=O)Nc4nc5ccccc5s4)c3C2)ccc1-c1cnn(CC2CCCCC2)c1C. The number of rotatable bonds is 15. The molecular weight excluding hydrogens is 763 g/mol. The molecule has 0 atom stereocenters. The average Bonchev–Trinajstić information content (AvgIpc) is 3.79. The number of hydrogen-bond donors (Lipinski definition) is 2. The van der Waals surface area contributed by atoms with Crippen molar-refractivity contribution in [1.82, 2.24) is 24.5 Å². The highest BCUT2D eigenvalue weighted by Gasteiger charge is 2.28. The largest absolute Gasteiger partial charge is 0.466 e. The minimum atomic E-state index is -4.03. The Balaban J connectivity index is 1.13. The van der Waals surface area contributed by atoms with Gasteiger partial charge in [-0.1, -0.05) is 61.3 Å². The van der Waals surface area contributed by atoms with Gasteiger partial charge in [-0.2, -0.15) is 5.10 Å². The zero-order valence-electron chi connectivity index (χ0n) is 32.5. The highest BCUT2D eigenvalue weighted by molar-refractivity contribution is 7.90. The van der Waals surface area contributed by atoms with Gasteiger partial charge in [0.1, 0.15) is 11.5 Å². The van der Waals surface area contributed by atoms with E-state index in [9.17, 15) is 22.8 Å². The van der Waals surface area contributed by atoms with E-state index in [0.717, 1.165) is 46.4 Å². The summed E-state index contributed by atoms with van der Waals surface area (Å²) in [6.45, 7) is 5.72. The molecule has 1 aliphatic carbocycles. The maximum absolute atomic E-state index is 14.0.